The third-order valence-electron chi connectivity index (χ3n) is 5.11. The molecular weight excluding hydrogens is 300 g/mol. The van der Waals surface area contributed by atoms with E-state index in [-0.39, 0.29) is 23.3 Å². The van der Waals surface area contributed by atoms with Gasteiger partial charge in [-0.05, 0) is 62.3 Å². The van der Waals surface area contributed by atoms with E-state index in [1.807, 2.05) is 19.9 Å². The maximum Gasteiger partial charge on any atom is 0.123 e. The van der Waals surface area contributed by atoms with Crippen LogP contribution in [-0.4, -0.2) is 21.4 Å². The second kappa shape index (κ2) is 7.89. The number of hydrogen-bond acceptors (Lipinski definition) is 3. The number of aryl methyl sites for hydroxylation is 1. The minimum Gasteiger partial charge on any atom is -0.507 e. The fourth-order valence-corrected chi connectivity index (χ4v) is 3.62. The Morgan fingerprint density at radius 3 is 2.38 bits per heavy atom. The molecule has 0 aromatic heterocycles. The lowest BCUT2D eigenvalue weighted by Crippen LogP contribution is -2.26. The van der Waals surface area contributed by atoms with Crippen molar-refractivity contribution in [1.82, 2.24) is 0 Å². The average molecular weight is 330 g/mol. The zero-order valence-corrected chi connectivity index (χ0v) is 15.0. The molecule has 0 saturated carbocycles. The van der Waals surface area contributed by atoms with Crippen LogP contribution in [0.3, 0.4) is 0 Å². The highest BCUT2D eigenvalue weighted by Gasteiger charge is 2.33. The van der Waals surface area contributed by atoms with E-state index in [1.165, 1.54) is 0 Å². The molecule has 24 heavy (non-hydrogen) atoms. The van der Waals surface area contributed by atoms with Crippen molar-refractivity contribution in [3.63, 3.8) is 0 Å². The minimum absolute atomic E-state index is 0.00596. The highest BCUT2D eigenvalue weighted by Crippen LogP contribution is 2.46. The minimum atomic E-state index is -0.486. The number of unbranched alkanes of at least 4 members (excludes halogenated alkanes) is 2. The van der Waals surface area contributed by atoms with Gasteiger partial charge in [0.2, 0.25) is 0 Å². The van der Waals surface area contributed by atoms with Crippen molar-refractivity contribution < 1.29 is 15.3 Å². The number of aromatic hydroxyl groups is 2. The van der Waals surface area contributed by atoms with Crippen LogP contribution in [0.4, 0.5) is 0 Å². The summed E-state index contributed by atoms with van der Waals surface area (Å²) >= 11 is 0. The molecule has 2 unspecified atom stereocenters. The van der Waals surface area contributed by atoms with E-state index in [0.717, 1.165) is 42.4 Å². The van der Waals surface area contributed by atoms with Crippen LogP contribution in [0.15, 0.2) is 35.9 Å². The predicted molar refractivity (Wildman–Crippen MR) is 98.4 cm³/mol. The Kier molecular flexibility index (Phi) is 6.11. The van der Waals surface area contributed by atoms with E-state index in [4.69, 9.17) is 0 Å². The van der Waals surface area contributed by atoms with Crippen LogP contribution < -0.4 is 0 Å². The van der Waals surface area contributed by atoms with Crippen molar-refractivity contribution in [2.75, 3.05) is 0 Å². The second-order valence-corrected chi connectivity index (χ2v) is 7.15. The second-order valence-electron chi connectivity index (χ2n) is 7.15. The van der Waals surface area contributed by atoms with Gasteiger partial charge in [0.05, 0.1) is 6.10 Å². The summed E-state index contributed by atoms with van der Waals surface area (Å²) in [6.45, 7) is 10.0. The highest BCUT2D eigenvalue weighted by molar-refractivity contribution is 5.52. The van der Waals surface area contributed by atoms with E-state index in [0.29, 0.717) is 12.0 Å². The smallest absolute Gasteiger partial charge is 0.123 e. The Morgan fingerprint density at radius 2 is 1.83 bits per heavy atom. The molecule has 0 radical (unpaired) electrons. The summed E-state index contributed by atoms with van der Waals surface area (Å²) in [5, 5.41) is 31.2. The lowest BCUT2D eigenvalue weighted by Gasteiger charge is -2.34. The number of aliphatic hydroxyl groups is 1. The monoisotopic (exact) mass is 330 g/mol. The van der Waals surface area contributed by atoms with E-state index in [9.17, 15) is 15.3 Å². The average Bonchev–Trinajstić information content (AvgIpc) is 2.50. The van der Waals surface area contributed by atoms with Gasteiger partial charge in [-0.25, -0.2) is 0 Å². The number of allylic oxidation sites excluding steroid dienone is 2. The Labute approximate surface area is 145 Å². The first-order chi connectivity index (χ1) is 11.3. The number of aliphatic hydroxyl groups excluding tert-OH is 1. The summed E-state index contributed by atoms with van der Waals surface area (Å²) in [6, 6.07) is 3.54. The molecule has 3 nitrogen and oxygen atoms in total. The standard InChI is InChI=1S/C21H30O3/c1-5-6-7-8-15-10-19(23)21(20(24)11-15)17-9-14(4)18(22)12-16(17)13(2)3/h9-11,16-18,22-24H,2,5-8,12H2,1,3-4H3/t16?,17-,18?/m1/s1. The Bertz CT molecular complexity index is 607. The van der Waals surface area contributed by atoms with Crippen LogP contribution in [0.5, 0.6) is 11.5 Å². The first kappa shape index (κ1) is 18.6. The molecule has 1 aromatic rings. The molecule has 0 heterocycles. The summed E-state index contributed by atoms with van der Waals surface area (Å²) < 4.78 is 0. The Morgan fingerprint density at radius 1 is 1.21 bits per heavy atom. The Balaban J connectivity index is 2.37. The third-order valence-corrected chi connectivity index (χ3v) is 5.11. The van der Waals surface area contributed by atoms with Crippen LogP contribution in [0, 0.1) is 5.92 Å². The zero-order chi connectivity index (χ0) is 17.9. The molecule has 2 rings (SSSR count). The largest absolute Gasteiger partial charge is 0.507 e. The SMILES string of the molecule is C=C(C)C1CC(O)C(C)=C[C@H]1c1c(O)cc(CCCCC)cc1O. The van der Waals surface area contributed by atoms with Gasteiger partial charge in [-0.1, -0.05) is 38.0 Å². The predicted octanol–water partition coefficient (Wildman–Crippen LogP) is 4.82. The summed E-state index contributed by atoms with van der Waals surface area (Å²) in [5.41, 5.74) is 3.34. The molecule has 0 amide bonds. The van der Waals surface area contributed by atoms with Crippen molar-refractivity contribution in [2.45, 2.75) is 64.9 Å². The van der Waals surface area contributed by atoms with Crippen LogP contribution in [0.2, 0.25) is 0 Å². The van der Waals surface area contributed by atoms with Gasteiger partial charge in [0.25, 0.3) is 0 Å². The number of benzene rings is 1. The van der Waals surface area contributed by atoms with Gasteiger partial charge in [-0.2, -0.15) is 0 Å². The summed E-state index contributed by atoms with van der Waals surface area (Å²) in [4.78, 5) is 0. The quantitative estimate of drug-likeness (QED) is 0.518. The first-order valence-electron chi connectivity index (χ1n) is 8.91. The van der Waals surface area contributed by atoms with Gasteiger partial charge in [0.15, 0.2) is 0 Å². The first-order valence-corrected chi connectivity index (χ1v) is 8.91. The molecule has 1 aromatic carbocycles. The molecule has 0 bridgehead atoms. The van der Waals surface area contributed by atoms with Crippen molar-refractivity contribution in [3.8, 4) is 11.5 Å². The van der Waals surface area contributed by atoms with Gasteiger partial charge in [-0.15, -0.1) is 0 Å². The van der Waals surface area contributed by atoms with E-state index in [2.05, 4.69) is 13.5 Å². The maximum atomic E-state index is 10.6. The molecule has 132 valence electrons. The van der Waals surface area contributed by atoms with Gasteiger partial charge in [0, 0.05) is 11.5 Å². The molecule has 1 aliphatic carbocycles. The van der Waals surface area contributed by atoms with Crippen LogP contribution in [0.1, 0.15) is 63.5 Å². The van der Waals surface area contributed by atoms with E-state index < -0.39 is 6.10 Å². The van der Waals surface area contributed by atoms with Crippen molar-refractivity contribution in [1.29, 1.82) is 0 Å². The van der Waals surface area contributed by atoms with Crippen molar-refractivity contribution in [3.05, 3.63) is 47.1 Å². The van der Waals surface area contributed by atoms with Crippen LogP contribution >= 0.6 is 0 Å². The zero-order valence-electron chi connectivity index (χ0n) is 15.0. The lowest BCUT2D eigenvalue weighted by atomic mass is 9.72. The molecular formula is C21H30O3. The fourth-order valence-electron chi connectivity index (χ4n) is 3.62. The number of phenols is 2. The molecule has 3 heteroatoms. The van der Waals surface area contributed by atoms with Gasteiger partial charge < -0.3 is 15.3 Å². The van der Waals surface area contributed by atoms with Crippen LogP contribution in [0.25, 0.3) is 0 Å². The molecule has 3 atom stereocenters. The highest BCUT2D eigenvalue weighted by atomic mass is 16.3. The molecule has 0 saturated heterocycles. The van der Waals surface area contributed by atoms with E-state index >= 15 is 0 Å². The maximum absolute atomic E-state index is 10.6. The summed E-state index contributed by atoms with van der Waals surface area (Å²) in [7, 11) is 0. The number of phenolic OH excluding ortho intramolecular Hbond substituents is 2. The fraction of sp³-hybridized carbons (Fsp3) is 0.524. The molecule has 1 aliphatic rings. The third kappa shape index (κ3) is 4.02. The molecule has 0 fully saturated rings. The number of hydrogen-bond donors (Lipinski definition) is 3. The van der Waals surface area contributed by atoms with Crippen LogP contribution in [-0.2, 0) is 6.42 Å². The van der Waals surface area contributed by atoms with E-state index in [1.54, 1.807) is 12.1 Å². The summed E-state index contributed by atoms with van der Waals surface area (Å²) in [5.74, 6) is 0.124. The molecule has 3 N–H and O–H groups in total. The topological polar surface area (TPSA) is 60.7 Å². The Hall–Kier alpha value is -1.74. The molecule has 0 aliphatic heterocycles. The number of rotatable bonds is 6. The lowest BCUT2D eigenvalue weighted by molar-refractivity contribution is 0.168. The van der Waals surface area contributed by atoms with Crippen molar-refractivity contribution in [2.24, 2.45) is 5.92 Å². The molecule has 0 spiro atoms. The normalized spacial score (nSPS) is 23.8. The van der Waals surface area contributed by atoms with Crippen molar-refractivity contribution >= 4 is 0 Å². The van der Waals surface area contributed by atoms with Gasteiger partial charge in [0.1, 0.15) is 11.5 Å². The summed E-state index contributed by atoms with van der Waals surface area (Å²) in [6.07, 6.45) is 6.24. The van der Waals surface area contributed by atoms with Gasteiger partial charge >= 0.3 is 0 Å². The van der Waals surface area contributed by atoms with Gasteiger partial charge in [-0.3, -0.25) is 0 Å².